The quantitative estimate of drug-likeness (QED) is 0.895. The number of aromatic nitrogens is 2. The molecule has 1 unspecified atom stereocenters. The summed E-state index contributed by atoms with van der Waals surface area (Å²) in [6.07, 6.45) is 3.45. The van der Waals surface area contributed by atoms with Gasteiger partial charge >= 0.3 is 0 Å². The molecular formula is C19H24N4O2. The van der Waals surface area contributed by atoms with Crippen molar-refractivity contribution in [2.75, 3.05) is 32.8 Å². The van der Waals surface area contributed by atoms with Gasteiger partial charge in [-0.15, -0.1) is 0 Å². The van der Waals surface area contributed by atoms with Gasteiger partial charge in [0.1, 0.15) is 0 Å². The van der Waals surface area contributed by atoms with E-state index in [0.717, 1.165) is 37.1 Å². The molecule has 132 valence electrons. The number of rotatable bonds is 3. The van der Waals surface area contributed by atoms with Crippen LogP contribution in [0.5, 0.6) is 0 Å². The molecule has 25 heavy (non-hydrogen) atoms. The van der Waals surface area contributed by atoms with Gasteiger partial charge in [0, 0.05) is 30.5 Å². The first-order chi connectivity index (χ1) is 12.3. The number of H-pyrrole nitrogens is 1. The molecule has 4 aliphatic heterocycles. The minimum atomic E-state index is -0.0538. The van der Waals surface area contributed by atoms with Crippen LogP contribution >= 0.6 is 0 Å². The molecule has 2 N–H and O–H groups in total. The van der Waals surface area contributed by atoms with Crippen LogP contribution < -0.4 is 5.32 Å². The van der Waals surface area contributed by atoms with Crippen molar-refractivity contribution < 1.29 is 9.53 Å². The Hall–Kier alpha value is -1.92. The number of carbonyl (C=O) groups is 1. The fourth-order valence-corrected chi connectivity index (χ4v) is 4.63. The summed E-state index contributed by atoms with van der Waals surface area (Å²) in [6, 6.07) is 6.52. The van der Waals surface area contributed by atoms with E-state index in [1.54, 1.807) is 0 Å². The second kappa shape index (κ2) is 6.11. The molecule has 2 aromatic rings. The summed E-state index contributed by atoms with van der Waals surface area (Å²) >= 11 is 0. The molecule has 1 aromatic carbocycles. The lowest BCUT2D eigenvalue weighted by molar-refractivity contribution is 0.0618. The monoisotopic (exact) mass is 340 g/mol. The first-order valence-electron chi connectivity index (χ1n) is 9.37. The summed E-state index contributed by atoms with van der Waals surface area (Å²) in [5.74, 6) is 1.02. The third-order valence-electron chi connectivity index (χ3n) is 6.18. The van der Waals surface area contributed by atoms with E-state index in [1.165, 1.54) is 31.5 Å². The molecule has 6 rings (SSSR count). The molecule has 0 radical (unpaired) electrons. The predicted octanol–water partition coefficient (Wildman–Crippen LogP) is 1.89. The van der Waals surface area contributed by atoms with Gasteiger partial charge in [0.2, 0.25) is 0 Å². The number of amides is 1. The normalized spacial score (nSPS) is 31.5. The molecule has 4 aliphatic rings. The first kappa shape index (κ1) is 15.3. The fraction of sp³-hybridized carbons (Fsp3) is 0.579. The molecule has 0 spiro atoms. The molecule has 0 aliphatic carbocycles. The van der Waals surface area contributed by atoms with E-state index < -0.39 is 0 Å². The van der Waals surface area contributed by atoms with E-state index in [4.69, 9.17) is 4.74 Å². The Kier molecular flexibility index (Phi) is 3.75. The van der Waals surface area contributed by atoms with Crippen molar-refractivity contribution >= 4 is 16.8 Å². The molecule has 6 nitrogen and oxygen atoms in total. The molecule has 4 saturated heterocycles. The number of carbonyl (C=O) groups excluding carboxylic acids is 1. The number of ether oxygens (including phenoxy) is 1. The Morgan fingerprint density at radius 2 is 2.16 bits per heavy atom. The average molecular weight is 340 g/mol. The maximum atomic E-state index is 12.8. The van der Waals surface area contributed by atoms with E-state index in [1.807, 2.05) is 6.07 Å². The van der Waals surface area contributed by atoms with Gasteiger partial charge in [-0.25, -0.2) is 0 Å². The number of aromatic amines is 1. The van der Waals surface area contributed by atoms with Crippen molar-refractivity contribution in [2.24, 2.45) is 5.92 Å². The maximum Gasteiger partial charge on any atom is 0.272 e. The van der Waals surface area contributed by atoms with Crippen LogP contribution in [0.1, 0.15) is 41.2 Å². The molecule has 1 amide bonds. The van der Waals surface area contributed by atoms with Crippen LogP contribution in [0.2, 0.25) is 0 Å². The van der Waals surface area contributed by atoms with E-state index in [9.17, 15) is 4.79 Å². The minimum absolute atomic E-state index is 0.0538. The van der Waals surface area contributed by atoms with E-state index in [2.05, 4.69) is 32.5 Å². The average Bonchev–Trinajstić information content (AvgIpc) is 3.32. The summed E-state index contributed by atoms with van der Waals surface area (Å²) in [5, 5.41) is 11.5. The smallest absolute Gasteiger partial charge is 0.272 e. The predicted molar refractivity (Wildman–Crippen MR) is 94.7 cm³/mol. The zero-order chi connectivity index (χ0) is 16.8. The van der Waals surface area contributed by atoms with Crippen LogP contribution in [0.4, 0.5) is 0 Å². The van der Waals surface area contributed by atoms with Gasteiger partial charge < -0.3 is 15.0 Å². The van der Waals surface area contributed by atoms with Crippen molar-refractivity contribution in [3.63, 3.8) is 0 Å². The zero-order valence-electron chi connectivity index (χ0n) is 14.3. The number of hydrogen-bond acceptors (Lipinski definition) is 4. The second-order valence-corrected chi connectivity index (χ2v) is 7.66. The van der Waals surface area contributed by atoms with Gasteiger partial charge in [0.25, 0.3) is 5.91 Å². The van der Waals surface area contributed by atoms with Crippen molar-refractivity contribution in [3.8, 4) is 0 Å². The maximum absolute atomic E-state index is 12.8. The van der Waals surface area contributed by atoms with Gasteiger partial charge in [-0.1, -0.05) is 12.1 Å². The lowest BCUT2D eigenvalue weighted by Gasteiger charge is -2.44. The van der Waals surface area contributed by atoms with Gasteiger partial charge in [-0.2, -0.15) is 5.10 Å². The number of nitrogens with one attached hydrogen (secondary N) is 2. The van der Waals surface area contributed by atoms with Gasteiger partial charge in [-0.3, -0.25) is 9.89 Å². The Morgan fingerprint density at radius 1 is 1.28 bits per heavy atom. The second-order valence-electron chi connectivity index (χ2n) is 7.66. The minimum Gasteiger partial charge on any atom is -0.381 e. The van der Waals surface area contributed by atoms with Crippen molar-refractivity contribution in [1.29, 1.82) is 0 Å². The van der Waals surface area contributed by atoms with E-state index in [-0.39, 0.29) is 11.9 Å². The Morgan fingerprint density at radius 3 is 2.88 bits per heavy atom. The third-order valence-corrected chi connectivity index (χ3v) is 6.18. The van der Waals surface area contributed by atoms with Crippen LogP contribution in [-0.2, 0) is 4.74 Å². The number of hydrogen-bond donors (Lipinski definition) is 2. The topological polar surface area (TPSA) is 70.2 Å². The van der Waals surface area contributed by atoms with Crippen molar-refractivity contribution in [3.05, 3.63) is 29.5 Å². The lowest BCUT2D eigenvalue weighted by Crippen LogP contribution is -2.57. The molecule has 5 heterocycles. The van der Waals surface area contributed by atoms with Gasteiger partial charge in [-0.05, 0) is 49.9 Å². The molecule has 0 saturated carbocycles. The molecule has 2 atom stereocenters. The van der Waals surface area contributed by atoms with E-state index in [0.29, 0.717) is 17.5 Å². The van der Waals surface area contributed by atoms with Crippen LogP contribution in [0, 0.1) is 5.92 Å². The molecule has 2 bridgehead atoms. The lowest BCUT2D eigenvalue weighted by atomic mass is 9.84. The summed E-state index contributed by atoms with van der Waals surface area (Å²) in [5.41, 5.74) is 2.71. The largest absolute Gasteiger partial charge is 0.381 e. The van der Waals surface area contributed by atoms with Crippen LogP contribution in [0.3, 0.4) is 0 Å². The highest BCUT2D eigenvalue weighted by Crippen LogP contribution is 2.29. The number of piperidine rings is 3. The first-order valence-corrected chi connectivity index (χ1v) is 9.37. The molecule has 1 aromatic heterocycles. The van der Waals surface area contributed by atoms with Crippen LogP contribution in [-0.4, -0.2) is 59.9 Å². The van der Waals surface area contributed by atoms with Crippen LogP contribution in [0.25, 0.3) is 10.9 Å². The number of nitrogens with zero attached hydrogens (tertiary/aromatic N) is 2. The molecule has 6 heteroatoms. The Bertz CT molecular complexity index is 788. The zero-order valence-corrected chi connectivity index (χ0v) is 14.3. The highest BCUT2D eigenvalue weighted by Gasteiger charge is 2.35. The standard InChI is InChI=1S/C19H24N4O2/c24-19(20-17-10-23-6-3-12(17)4-7-23)18-15-2-1-13(9-16(15)21-22-18)14-5-8-25-11-14/h1-2,9,12,14,17H,3-8,10-11H2,(H,20,24)(H,21,22)/t14?,17-/m1/s1. The Labute approximate surface area is 146 Å². The molecular weight excluding hydrogens is 316 g/mol. The molecule has 4 fully saturated rings. The summed E-state index contributed by atoms with van der Waals surface area (Å²) < 4.78 is 5.48. The summed E-state index contributed by atoms with van der Waals surface area (Å²) in [4.78, 5) is 15.2. The van der Waals surface area contributed by atoms with Crippen LogP contribution in [0.15, 0.2) is 18.2 Å². The van der Waals surface area contributed by atoms with Crippen molar-refractivity contribution in [1.82, 2.24) is 20.4 Å². The summed E-state index contributed by atoms with van der Waals surface area (Å²) in [7, 11) is 0. The number of fused-ring (bicyclic) bond motifs is 4. The van der Waals surface area contributed by atoms with Gasteiger partial charge in [0.05, 0.1) is 12.1 Å². The SMILES string of the molecule is O=C(N[C@@H]1CN2CCC1CC2)c1n[nH]c2cc(C3CCOC3)ccc12. The third kappa shape index (κ3) is 2.73. The highest BCUT2D eigenvalue weighted by molar-refractivity contribution is 6.04. The summed E-state index contributed by atoms with van der Waals surface area (Å²) in [6.45, 7) is 4.95. The number of benzene rings is 1. The van der Waals surface area contributed by atoms with Crippen molar-refractivity contribution in [2.45, 2.75) is 31.2 Å². The fourth-order valence-electron chi connectivity index (χ4n) is 4.63. The highest BCUT2D eigenvalue weighted by atomic mass is 16.5. The van der Waals surface area contributed by atoms with E-state index >= 15 is 0 Å². The Balaban J connectivity index is 1.36. The van der Waals surface area contributed by atoms with Gasteiger partial charge in [0.15, 0.2) is 5.69 Å².